The van der Waals surface area contributed by atoms with Gasteiger partial charge >= 0.3 is 0 Å². The van der Waals surface area contributed by atoms with Crippen molar-refractivity contribution in [2.75, 3.05) is 29.9 Å². The van der Waals surface area contributed by atoms with E-state index >= 15 is 0 Å². The molecule has 7 nitrogen and oxygen atoms in total. The summed E-state index contributed by atoms with van der Waals surface area (Å²) in [5.41, 5.74) is 1.40. The highest BCUT2D eigenvalue weighted by atomic mass is 35.5. The van der Waals surface area contributed by atoms with E-state index in [9.17, 15) is 14.4 Å². The number of nitrogens with one attached hydrogen (secondary N) is 1. The summed E-state index contributed by atoms with van der Waals surface area (Å²) in [6.07, 6.45) is 1.98. The van der Waals surface area contributed by atoms with Crippen molar-refractivity contribution in [1.29, 1.82) is 0 Å². The van der Waals surface area contributed by atoms with Gasteiger partial charge in [-0.3, -0.25) is 14.4 Å². The van der Waals surface area contributed by atoms with Crippen molar-refractivity contribution in [3.8, 4) is 5.75 Å². The summed E-state index contributed by atoms with van der Waals surface area (Å²) < 4.78 is 5.41. The molecule has 3 amide bonds. The summed E-state index contributed by atoms with van der Waals surface area (Å²) in [4.78, 5) is 41.5. The molecule has 0 spiro atoms. The number of rotatable bonds is 6. The second-order valence-corrected chi connectivity index (χ2v) is 8.62. The predicted molar refractivity (Wildman–Crippen MR) is 127 cm³/mol. The molecule has 1 fully saturated rings. The highest BCUT2D eigenvalue weighted by molar-refractivity contribution is 6.53. The summed E-state index contributed by atoms with van der Waals surface area (Å²) in [5, 5.41) is 2.75. The largest absolute Gasteiger partial charge is 0.494 e. The Hall–Kier alpha value is -3.32. The Balaban J connectivity index is 1.50. The molecule has 1 N–H and O–H groups in total. The lowest BCUT2D eigenvalue weighted by Gasteiger charge is -2.30. The van der Waals surface area contributed by atoms with E-state index in [4.69, 9.17) is 16.3 Å². The van der Waals surface area contributed by atoms with Crippen LogP contribution in [0.5, 0.6) is 5.75 Å². The van der Waals surface area contributed by atoms with E-state index in [0.717, 1.165) is 30.8 Å². The quantitative estimate of drug-likeness (QED) is 0.637. The maximum atomic E-state index is 13.0. The Morgan fingerprint density at radius 3 is 2.45 bits per heavy atom. The molecule has 1 saturated heterocycles. The van der Waals surface area contributed by atoms with Crippen LogP contribution in [0.15, 0.2) is 59.3 Å². The number of carbonyl (C=O) groups excluding carboxylic acids is 3. The van der Waals surface area contributed by atoms with Crippen LogP contribution in [-0.4, -0.2) is 42.3 Å². The lowest BCUT2D eigenvalue weighted by atomic mass is 9.98. The molecule has 0 aliphatic carbocycles. The van der Waals surface area contributed by atoms with Gasteiger partial charge in [0, 0.05) is 24.3 Å². The summed E-state index contributed by atoms with van der Waals surface area (Å²) in [7, 11) is 0. The molecule has 0 bridgehead atoms. The Bertz CT molecular complexity index is 1100. The van der Waals surface area contributed by atoms with Gasteiger partial charge in [-0.25, -0.2) is 4.90 Å². The van der Waals surface area contributed by atoms with E-state index in [0.29, 0.717) is 35.2 Å². The number of piperidine rings is 1. The Labute approximate surface area is 198 Å². The van der Waals surface area contributed by atoms with E-state index in [-0.39, 0.29) is 16.6 Å². The van der Waals surface area contributed by atoms with Crippen LogP contribution >= 0.6 is 11.6 Å². The minimum absolute atomic E-state index is 0.0213. The zero-order valence-electron chi connectivity index (χ0n) is 18.6. The molecule has 2 aliphatic rings. The molecule has 0 radical (unpaired) electrons. The van der Waals surface area contributed by atoms with Crippen LogP contribution < -0.4 is 15.0 Å². The van der Waals surface area contributed by atoms with Crippen molar-refractivity contribution in [1.82, 2.24) is 4.90 Å². The molecule has 0 unspecified atom stereocenters. The highest BCUT2D eigenvalue weighted by Gasteiger charge is 2.39. The number of imide groups is 1. The SMILES string of the molecule is CCOc1ccc(N2C(=O)C(Cl)=C(Nc3cccc(C(=O)N4CCC(C)CC4)c3)C2=O)cc1. The van der Waals surface area contributed by atoms with Gasteiger partial charge in [-0.2, -0.15) is 0 Å². The fraction of sp³-hybridized carbons (Fsp3) is 0.320. The minimum atomic E-state index is -0.608. The van der Waals surface area contributed by atoms with Gasteiger partial charge in [-0.1, -0.05) is 24.6 Å². The first-order valence-electron chi connectivity index (χ1n) is 11.1. The normalized spacial score (nSPS) is 17.1. The molecule has 2 heterocycles. The Kier molecular flexibility index (Phi) is 6.70. The summed E-state index contributed by atoms with van der Waals surface area (Å²) in [6.45, 7) is 6.05. The highest BCUT2D eigenvalue weighted by Crippen LogP contribution is 2.31. The van der Waals surface area contributed by atoms with Crippen molar-refractivity contribution in [3.05, 3.63) is 64.8 Å². The zero-order chi connectivity index (χ0) is 23.5. The first-order valence-corrected chi connectivity index (χ1v) is 11.4. The number of anilines is 2. The molecule has 0 atom stereocenters. The average molecular weight is 468 g/mol. The zero-order valence-corrected chi connectivity index (χ0v) is 19.4. The summed E-state index contributed by atoms with van der Waals surface area (Å²) >= 11 is 6.24. The van der Waals surface area contributed by atoms with Crippen LogP contribution in [0.2, 0.25) is 0 Å². The molecule has 0 saturated carbocycles. The fourth-order valence-corrected chi connectivity index (χ4v) is 4.19. The van der Waals surface area contributed by atoms with Crippen molar-refractivity contribution < 1.29 is 19.1 Å². The van der Waals surface area contributed by atoms with Crippen LogP contribution in [0, 0.1) is 5.92 Å². The number of carbonyl (C=O) groups is 3. The van der Waals surface area contributed by atoms with Gasteiger partial charge in [0.15, 0.2) is 0 Å². The van der Waals surface area contributed by atoms with Crippen LogP contribution in [0.4, 0.5) is 11.4 Å². The van der Waals surface area contributed by atoms with Crippen LogP contribution in [0.3, 0.4) is 0 Å². The molecule has 8 heteroatoms. The molecule has 2 aromatic carbocycles. The van der Waals surface area contributed by atoms with Gasteiger partial charge < -0.3 is 15.0 Å². The lowest BCUT2D eigenvalue weighted by Crippen LogP contribution is -2.37. The fourth-order valence-electron chi connectivity index (χ4n) is 3.97. The first-order chi connectivity index (χ1) is 15.9. The van der Waals surface area contributed by atoms with E-state index in [1.807, 2.05) is 11.8 Å². The number of hydrogen-bond acceptors (Lipinski definition) is 5. The Morgan fingerprint density at radius 1 is 1.09 bits per heavy atom. The number of ether oxygens (including phenoxy) is 1. The summed E-state index contributed by atoms with van der Waals surface area (Å²) in [5.74, 6) is 0.0529. The van der Waals surface area contributed by atoms with Crippen LogP contribution in [0.1, 0.15) is 37.0 Å². The molecule has 172 valence electrons. The number of amides is 3. The second-order valence-electron chi connectivity index (χ2n) is 8.24. The molecule has 2 aromatic rings. The summed E-state index contributed by atoms with van der Waals surface area (Å²) in [6, 6.07) is 13.5. The third kappa shape index (κ3) is 4.73. The second kappa shape index (κ2) is 9.67. The van der Waals surface area contributed by atoms with Crippen molar-refractivity contribution >= 4 is 40.7 Å². The maximum absolute atomic E-state index is 13.0. The van der Waals surface area contributed by atoms with E-state index in [1.165, 1.54) is 0 Å². The first kappa shape index (κ1) is 22.9. The average Bonchev–Trinajstić information content (AvgIpc) is 3.03. The van der Waals surface area contributed by atoms with Gasteiger partial charge in [0.1, 0.15) is 16.5 Å². The van der Waals surface area contributed by atoms with Gasteiger partial charge in [0.05, 0.1) is 12.3 Å². The van der Waals surface area contributed by atoms with Gasteiger partial charge in [0.2, 0.25) is 0 Å². The number of likely N-dealkylation sites (tertiary alicyclic amines) is 1. The molecular formula is C25H26ClN3O4. The van der Waals surface area contributed by atoms with Gasteiger partial charge in [-0.15, -0.1) is 0 Å². The Morgan fingerprint density at radius 2 is 1.79 bits per heavy atom. The molecule has 0 aromatic heterocycles. The number of hydrogen-bond donors (Lipinski definition) is 1. The van der Waals surface area contributed by atoms with Crippen molar-refractivity contribution in [2.24, 2.45) is 5.92 Å². The number of benzene rings is 2. The van der Waals surface area contributed by atoms with Crippen molar-refractivity contribution in [2.45, 2.75) is 26.7 Å². The standard InChI is InChI=1S/C25H26ClN3O4/c1-3-33-20-9-7-19(8-10-20)29-24(31)21(26)22(25(29)32)27-18-6-4-5-17(15-18)23(30)28-13-11-16(2)12-14-28/h4-10,15-16,27H,3,11-14H2,1-2H3. The minimum Gasteiger partial charge on any atom is -0.494 e. The van der Waals surface area contributed by atoms with E-state index < -0.39 is 11.8 Å². The van der Waals surface area contributed by atoms with Crippen LogP contribution in [0.25, 0.3) is 0 Å². The smallest absolute Gasteiger partial charge is 0.283 e. The molecule has 4 rings (SSSR count). The number of nitrogens with zero attached hydrogens (tertiary/aromatic N) is 2. The third-order valence-electron chi connectivity index (χ3n) is 5.88. The molecular weight excluding hydrogens is 442 g/mol. The predicted octanol–water partition coefficient (Wildman–Crippen LogP) is 4.39. The van der Waals surface area contributed by atoms with E-state index in [1.54, 1.807) is 48.5 Å². The lowest BCUT2D eigenvalue weighted by molar-refractivity contribution is -0.120. The monoisotopic (exact) mass is 467 g/mol. The maximum Gasteiger partial charge on any atom is 0.283 e. The van der Waals surface area contributed by atoms with Gasteiger partial charge in [-0.05, 0) is 68.1 Å². The third-order valence-corrected chi connectivity index (χ3v) is 6.23. The molecule has 33 heavy (non-hydrogen) atoms. The van der Waals surface area contributed by atoms with E-state index in [2.05, 4.69) is 12.2 Å². The van der Waals surface area contributed by atoms with Crippen LogP contribution in [-0.2, 0) is 9.59 Å². The van der Waals surface area contributed by atoms with Gasteiger partial charge in [0.25, 0.3) is 17.7 Å². The topological polar surface area (TPSA) is 79.0 Å². The van der Waals surface area contributed by atoms with Crippen molar-refractivity contribution in [3.63, 3.8) is 0 Å². The number of halogens is 1. The molecule has 2 aliphatic heterocycles.